The van der Waals surface area contributed by atoms with Crippen LogP contribution in [0.5, 0.6) is 17.2 Å². The number of aryl methyl sites for hydroxylation is 1. The Morgan fingerprint density at radius 3 is 2.60 bits per heavy atom. The number of methoxy groups -OCH3 is 1. The van der Waals surface area contributed by atoms with E-state index in [1.54, 1.807) is 36.4 Å². The minimum atomic E-state index is -0.638. The van der Waals surface area contributed by atoms with Crippen molar-refractivity contribution >= 4 is 18.1 Å². The summed E-state index contributed by atoms with van der Waals surface area (Å²) < 4.78 is 20.9. The molecule has 3 aromatic rings. The van der Waals surface area contributed by atoms with Crippen molar-refractivity contribution in [3.05, 3.63) is 77.7 Å². The van der Waals surface area contributed by atoms with Gasteiger partial charge in [0.25, 0.3) is 5.91 Å². The van der Waals surface area contributed by atoms with E-state index in [4.69, 9.17) is 18.6 Å². The Bertz CT molecular complexity index is 1030. The lowest BCUT2D eigenvalue weighted by atomic mass is 10.2. The van der Waals surface area contributed by atoms with Crippen molar-refractivity contribution in [2.45, 2.75) is 6.92 Å². The van der Waals surface area contributed by atoms with Gasteiger partial charge in [0, 0.05) is 0 Å². The number of esters is 1. The SMILES string of the molecule is COc1cc(/C=N\NC(=O)COc2ccc(C)cc2)ccc1OC(=O)c1ccco1. The Hall–Kier alpha value is -4.07. The van der Waals surface area contributed by atoms with E-state index in [1.807, 2.05) is 19.1 Å². The number of carbonyl (C=O) groups excluding carboxylic acids is 2. The van der Waals surface area contributed by atoms with Crippen LogP contribution in [0.3, 0.4) is 0 Å². The minimum Gasteiger partial charge on any atom is -0.493 e. The molecule has 2 aromatic carbocycles. The van der Waals surface area contributed by atoms with Crippen molar-refractivity contribution in [1.29, 1.82) is 0 Å². The van der Waals surface area contributed by atoms with Gasteiger partial charge in [-0.05, 0) is 55.0 Å². The van der Waals surface area contributed by atoms with E-state index in [9.17, 15) is 9.59 Å². The lowest BCUT2D eigenvalue weighted by molar-refractivity contribution is -0.123. The molecule has 8 nitrogen and oxygen atoms in total. The van der Waals surface area contributed by atoms with Crippen LogP contribution in [-0.4, -0.2) is 31.8 Å². The predicted molar refractivity (Wildman–Crippen MR) is 109 cm³/mol. The fourth-order valence-corrected chi connectivity index (χ4v) is 2.39. The molecule has 0 radical (unpaired) electrons. The fraction of sp³-hybridized carbons (Fsp3) is 0.136. The number of nitrogens with one attached hydrogen (secondary N) is 1. The first-order valence-electron chi connectivity index (χ1n) is 9.00. The van der Waals surface area contributed by atoms with Gasteiger partial charge in [-0.25, -0.2) is 10.2 Å². The zero-order valence-electron chi connectivity index (χ0n) is 16.5. The average Bonchev–Trinajstić information content (AvgIpc) is 3.29. The monoisotopic (exact) mass is 408 g/mol. The highest BCUT2D eigenvalue weighted by molar-refractivity contribution is 5.89. The zero-order valence-corrected chi connectivity index (χ0v) is 16.5. The molecule has 0 aliphatic carbocycles. The number of furan rings is 1. The van der Waals surface area contributed by atoms with Gasteiger partial charge in [-0.15, -0.1) is 0 Å². The van der Waals surface area contributed by atoms with Crippen LogP contribution < -0.4 is 19.6 Å². The lowest BCUT2D eigenvalue weighted by Gasteiger charge is -2.09. The number of hydrogen-bond donors (Lipinski definition) is 1. The maximum Gasteiger partial charge on any atom is 0.379 e. The molecule has 0 spiro atoms. The van der Waals surface area contributed by atoms with Gasteiger partial charge >= 0.3 is 5.97 Å². The lowest BCUT2D eigenvalue weighted by Crippen LogP contribution is -2.24. The predicted octanol–water partition coefficient (Wildman–Crippen LogP) is 3.34. The van der Waals surface area contributed by atoms with Crippen molar-refractivity contribution in [2.75, 3.05) is 13.7 Å². The summed E-state index contributed by atoms with van der Waals surface area (Å²) in [5.41, 5.74) is 4.12. The molecule has 8 heteroatoms. The molecule has 154 valence electrons. The standard InChI is InChI=1S/C22H20N2O6/c1-15-5-8-17(9-6-15)29-14-21(25)24-23-13-16-7-10-18(20(12-16)27-2)30-22(26)19-4-3-11-28-19/h3-13H,14H2,1-2H3,(H,24,25)/b23-13-. The number of hydrogen-bond acceptors (Lipinski definition) is 7. The summed E-state index contributed by atoms with van der Waals surface area (Å²) in [5, 5.41) is 3.89. The molecule has 0 saturated heterocycles. The molecular weight excluding hydrogens is 388 g/mol. The smallest absolute Gasteiger partial charge is 0.379 e. The largest absolute Gasteiger partial charge is 0.493 e. The second kappa shape index (κ2) is 9.92. The number of amides is 1. The van der Waals surface area contributed by atoms with Crippen LogP contribution in [0, 0.1) is 6.92 Å². The summed E-state index contributed by atoms with van der Waals surface area (Å²) in [6.07, 6.45) is 2.82. The molecule has 3 rings (SSSR count). The Labute approximate surface area is 173 Å². The van der Waals surface area contributed by atoms with Crippen molar-refractivity contribution < 1.29 is 28.2 Å². The van der Waals surface area contributed by atoms with Gasteiger partial charge in [0.2, 0.25) is 5.76 Å². The minimum absolute atomic E-state index is 0.0817. The molecule has 0 aliphatic heterocycles. The van der Waals surface area contributed by atoms with Crippen molar-refractivity contribution in [1.82, 2.24) is 5.43 Å². The first kappa shape index (κ1) is 20.7. The molecule has 0 fully saturated rings. The summed E-state index contributed by atoms with van der Waals surface area (Å²) in [6, 6.07) is 15.3. The molecular formula is C22H20N2O6. The number of ether oxygens (including phenoxy) is 3. The van der Waals surface area contributed by atoms with Gasteiger partial charge < -0.3 is 18.6 Å². The summed E-state index contributed by atoms with van der Waals surface area (Å²) >= 11 is 0. The maximum absolute atomic E-state index is 12.0. The van der Waals surface area contributed by atoms with Crippen LogP contribution in [0.4, 0.5) is 0 Å². The van der Waals surface area contributed by atoms with Crippen LogP contribution in [-0.2, 0) is 4.79 Å². The number of benzene rings is 2. The number of hydrazone groups is 1. The fourth-order valence-electron chi connectivity index (χ4n) is 2.39. The van der Waals surface area contributed by atoms with E-state index < -0.39 is 11.9 Å². The highest BCUT2D eigenvalue weighted by Gasteiger charge is 2.14. The van der Waals surface area contributed by atoms with Gasteiger partial charge in [-0.2, -0.15) is 5.10 Å². The van der Waals surface area contributed by atoms with Crippen LogP contribution in [0.1, 0.15) is 21.7 Å². The highest BCUT2D eigenvalue weighted by Crippen LogP contribution is 2.28. The third-order valence-electron chi connectivity index (χ3n) is 3.91. The average molecular weight is 408 g/mol. The third kappa shape index (κ3) is 5.71. The first-order valence-corrected chi connectivity index (χ1v) is 9.00. The van der Waals surface area contributed by atoms with E-state index in [-0.39, 0.29) is 18.1 Å². The first-order chi connectivity index (χ1) is 14.5. The molecule has 1 heterocycles. The Kier molecular flexibility index (Phi) is 6.83. The molecule has 1 amide bonds. The van der Waals surface area contributed by atoms with Crippen LogP contribution in [0.2, 0.25) is 0 Å². The highest BCUT2D eigenvalue weighted by atomic mass is 16.6. The normalized spacial score (nSPS) is 10.6. The molecule has 0 unspecified atom stereocenters. The van der Waals surface area contributed by atoms with Crippen molar-refractivity contribution in [3.63, 3.8) is 0 Å². The van der Waals surface area contributed by atoms with Gasteiger partial charge in [0.05, 0.1) is 19.6 Å². The van der Waals surface area contributed by atoms with Gasteiger partial charge in [-0.1, -0.05) is 17.7 Å². The molecule has 0 aliphatic rings. The zero-order chi connectivity index (χ0) is 21.3. The van der Waals surface area contributed by atoms with Crippen LogP contribution in [0.15, 0.2) is 70.4 Å². The van der Waals surface area contributed by atoms with Gasteiger partial charge in [0.15, 0.2) is 18.1 Å². The number of rotatable bonds is 8. The summed E-state index contributed by atoms with van der Waals surface area (Å²) in [6.45, 7) is 1.81. The second-order valence-corrected chi connectivity index (χ2v) is 6.17. The summed E-state index contributed by atoms with van der Waals surface area (Å²) in [7, 11) is 1.45. The molecule has 30 heavy (non-hydrogen) atoms. The Balaban J connectivity index is 1.54. The van der Waals surface area contributed by atoms with Gasteiger partial charge in [0.1, 0.15) is 5.75 Å². The Morgan fingerprint density at radius 2 is 1.90 bits per heavy atom. The third-order valence-corrected chi connectivity index (χ3v) is 3.91. The van der Waals surface area contributed by atoms with Crippen molar-refractivity contribution in [3.8, 4) is 17.2 Å². The second-order valence-electron chi connectivity index (χ2n) is 6.17. The molecule has 0 bridgehead atoms. The van der Waals surface area contributed by atoms with Gasteiger partial charge in [-0.3, -0.25) is 4.79 Å². The number of carbonyl (C=O) groups is 2. The maximum atomic E-state index is 12.0. The molecule has 0 atom stereocenters. The summed E-state index contributed by atoms with van der Waals surface area (Å²) in [4.78, 5) is 23.8. The summed E-state index contributed by atoms with van der Waals surface area (Å²) in [5.74, 6) is 0.199. The molecule has 1 N–H and O–H groups in total. The van der Waals surface area contributed by atoms with E-state index in [0.29, 0.717) is 17.1 Å². The topological polar surface area (TPSA) is 99.4 Å². The molecule has 1 aromatic heterocycles. The number of nitrogens with zero attached hydrogens (tertiary/aromatic N) is 1. The van der Waals surface area contributed by atoms with E-state index in [0.717, 1.165) is 5.56 Å². The molecule has 0 saturated carbocycles. The van der Waals surface area contributed by atoms with E-state index in [1.165, 1.54) is 25.7 Å². The van der Waals surface area contributed by atoms with E-state index >= 15 is 0 Å². The quantitative estimate of drug-likeness (QED) is 0.266. The van der Waals surface area contributed by atoms with E-state index in [2.05, 4.69) is 10.5 Å². The van der Waals surface area contributed by atoms with Crippen LogP contribution >= 0.6 is 0 Å². The van der Waals surface area contributed by atoms with Crippen LogP contribution in [0.25, 0.3) is 0 Å². The Morgan fingerprint density at radius 1 is 1.10 bits per heavy atom. The van der Waals surface area contributed by atoms with Crippen molar-refractivity contribution in [2.24, 2.45) is 5.10 Å².